The van der Waals surface area contributed by atoms with E-state index in [4.69, 9.17) is 11.6 Å². The van der Waals surface area contributed by atoms with E-state index in [0.29, 0.717) is 0 Å². The van der Waals surface area contributed by atoms with Gasteiger partial charge >= 0.3 is 0 Å². The Labute approximate surface area is 116 Å². The van der Waals surface area contributed by atoms with Crippen LogP contribution >= 0.6 is 11.6 Å². The van der Waals surface area contributed by atoms with Crippen molar-refractivity contribution in [1.29, 1.82) is 0 Å². The van der Waals surface area contributed by atoms with Crippen molar-refractivity contribution in [2.45, 2.75) is 26.3 Å². The van der Waals surface area contributed by atoms with Crippen LogP contribution < -0.4 is 10.2 Å². The minimum absolute atomic E-state index is 0.288. The Bertz CT molecular complexity index is 390. The smallest absolute Gasteiger partial charge is 0.0474 e. The first-order chi connectivity index (χ1) is 8.60. The molecule has 18 heavy (non-hydrogen) atoms. The predicted octanol–water partition coefficient (Wildman–Crippen LogP) is 4.02. The number of hydrogen-bond donors (Lipinski definition) is 1. The first-order valence-electron chi connectivity index (χ1n) is 6.45. The number of nitrogens with one attached hydrogen (secondary N) is 1. The second kappa shape index (κ2) is 7.45. The van der Waals surface area contributed by atoms with Crippen LogP contribution in [-0.4, -0.2) is 20.1 Å². The zero-order valence-corrected chi connectivity index (χ0v) is 12.3. The van der Waals surface area contributed by atoms with Crippen LogP contribution in [0, 0.1) is 0 Å². The molecule has 100 valence electrons. The van der Waals surface area contributed by atoms with Crippen molar-refractivity contribution < 1.29 is 0 Å². The molecule has 0 aliphatic rings. The van der Waals surface area contributed by atoms with Crippen LogP contribution in [0.1, 0.15) is 31.9 Å². The molecule has 2 nitrogen and oxygen atoms in total. The van der Waals surface area contributed by atoms with Crippen molar-refractivity contribution in [3.63, 3.8) is 0 Å². The molecule has 0 fully saturated rings. The number of hydrogen-bond acceptors (Lipinski definition) is 2. The minimum atomic E-state index is 0.288. The van der Waals surface area contributed by atoms with Gasteiger partial charge in [-0.2, -0.15) is 0 Å². The first kappa shape index (κ1) is 15.1. The van der Waals surface area contributed by atoms with Crippen LogP contribution in [0.5, 0.6) is 0 Å². The van der Waals surface area contributed by atoms with Crippen molar-refractivity contribution in [2.75, 3.05) is 25.0 Å². The molecule has 1 rings (SSSR count). The van der Waals surface area contributed by atoms with Gasteiger partial charge in [0.1, 0.15) is 0 Å². The van der Waals surface area contributed by atoms with Crippen LogP contribution in [0.2, 0.25) is 5.02 Å². The molecule has 1 N–H and O–H groups in total. The summed E-state index contributed by atoms with van der Waals surface area (Å²) in [6.07, 6.45) is 3.01. The highest BCUT2D eigenvalue weighted by atomic mass is 35.5. The summed E-state index contributed by atoms with van der Waals surface area (Å²) < 4.78 is 0. The summed E-state index contributed by atoms with van der Waals surface area (Å²) in [5, 5.41) is 4.27. The van der Waals surface area contributed by atoms with Gasteiger partial charge in [0.05, 0.1) is 0 Å². The van der Waals surface area contributed by atoms with E-state index in [1.54, 1.807) is 0 Å². The van der Waals surface area contributed by atoms with Crippen molar-refractivity contribution in [2.24, 2.45) is 0 Å². The van der Waals surface area contributed by atoms with Gasteiger partial charge in [-0.15, -0.1) is 6.58 Å². The maximum Gasteiger partial charge on any atom is 0.0474 e. The average Bonchev–Trinajstić information content (AvgIpc) is 2.36. The molecule has 1 atom stereocenters. The van der Waals surface area contributed by atoms with E-state index in [2.05, 4.69) is 42.8 Å². The molecule has 3 heteroatoms. The van der Waals surface area contributed by atoms with Gasteiger partial charge in [-0.3, -0.25) is 0 Å². The first-order valence-corrected chi connectivity index (χ1v) is 6.82. The minimum Gasteiger partial charge on any atom is -0.371 e. The molecule has 0 bridgehead atoms. The van der Waals surface area contributed by atoms with Crippen molar-refractivity contribution in [3.8, 4) is 0 Å². The van der Waals surface area contributed by atoms with E-state index in [1.165, 1.54) is 0 Å². The van der Waals surface area contributed by atoms with Gasteiger partial charge in [0.15, 0.2) is 0 Å². The highest BCUT2D eigenvalue weighted by molar-refractivity contribution is 6.31. The summed E-state index contributed by atoms with van der Waals surface area (Å²) in [6.45, 7) is 9.88. The second-order valence-electron chi connectivity index (χ2n) is 4.55. The average molecular weight is 267 g/mol. The summed E-state index contributed by atoms with van der Waals surface area (Å²) in [4.78, 5) is 2.12. The Hall–Kier alpha value is -0.990. The Morgan fingerprint density at radius 3 is 2.78 bits per heavy atom. The predicted molar refractivity (Wildman–Crippen MR) is 81.6 cm³/mol. The molecule has 0 saturated carbocycles. The van der Waals surface area contributed by atoms with E-state index in [0.717, 1.165) is 35.8 Å². The molecule has 0 aliphatic carbocycles. The molecular formula is C15H23ClN2. The second-order valence-corrected chi connectivity index (χ2v) is 4.96. The Balaban J connectivity index is 2.81. The Morgan fingerprint density at radius 2 is 2.22 bits per heavy atom. The van der Waals surface area contributed by atoms with Crippen LogP contribution in [0.15, 0.2) is 30.9 Å². The lowest BCUT2D eigenvalue weighted by Crippen LogP contribution is -2.20. The number of anilines is 1. The van der Waals surface area contributed by atoms with Gasteiger partial charge in [0.25, 0.3) is 0 Å². The molecule has 1 aromatic rings. The molecule has 1 aromatic carbocycles. The van der Waals surface area contributed by atoms with E-state index < -0.39 is 0 Å². The van der Waals surface area contributed by atoms with E-state index >= 15 is 0 Å². The summed E-state index contributed by atoms with van der Waals surface area (Å²) in [7, 11) is 2.03. The number of benzene rings is 1. The summed E-state index contributed by atoms with van der Waals surface area (Å²) in [6, 6.07) is 6.51. The number of rotatable bonds is 7. The fraction of sp³-hybridized carbons (Fsp3) is 0.467. The molecule has 1 unspecified atom stereocenters. The normalized spacial score (nSPS) is 12.2. The third-order valence-corrected chi connectivity index (χ3v) is 3.32. The SMILES string of the molecule is C=CCN(C)c1ccc(C(C)NCCC)c(Cl)c1. The zero-order chi connectivity index (χ0) is 13.5. The van der Waals surface area contributed by atoms with Gasteiger partial charge in [0, 0.05) is 30.3 Å². The Kier molecular flexibility index (Phi) is 6.23. The lowest BCUT2D eigenvalue weighted by atomic mass is 10.1. The molecule has 0 spiro atoms. The van der Waals surface area contributed by atoms with Crippen LogP contribution in [-0.2, 0) is 0 Å². The van der Waals surface area contributed by atoms with Crippen LogP contribution in [0.4, 0.5) is 5.69 Å². The van der Waals surface area contributed by atoms with Gasteiger partial charge in [-0.25, -0.2) is 0 Å². The topological polar surface area (TPSA) is 15.3 Å². The van der Waals surface area contributed by atoms with Gasteiger partial charge in [0.2, 0.25) is 0 Å². The molecular weight excluding hydrogens is 244 g/mol. The highest BCUT2D eigenvalue weighted by Gasteiger charge is 2.10. The molecule has 0 aromatic heterocycles. The number of likely N-dealkylation sites (N-methyl/N-ethyl adjacent to an activating group) is 1. The summed E-state index contributed by atoms with van der Waals surface area (Å²) >= 11 is 6.35. The number of halogens is 1. The van der Waals surface area contributed by atoms with Crippen molar-refractivity contribution in [3.05, 3.63) is 41.4 Å². The van der Waals surface area contributed by atoms with E-state index in [-0.39, 0.29) is 6.04 Å². The molecule has 0 aliphatic heterocycles. The highest BCUT2D eigenvalue weighted by Crippen LogP contribution is 2.27. The molecule has 0 radical (unpaired) electrons. The molecule has 0 saturated heterocycles. The van der Waals surface area contributed by atoms with Crippen molar-refractivity contribution in [1.82, 2.24) is 5.32 Å². The molecule has 0 heterocycles. The summed E-state index contributed by atoms with van der Waals surface area (Å²) in [5.74, 6) is 0. The fourth-order valence-electron chi connectivity index (χ4n) is 1.87. The quantitative estimate of drug-likeness (QED) is 0.750. The van der Waals surface area contributed by atoms with E-state index in [9.17, 15) is 0 Å². The lowest BCUT2D eigenvalue weighted by Gasteiger charge is -2.20. The lowest BCUT2D eigenvalue weighted by molar-refractivity contribution is 0.571. The third kappa shape index (κ3) is 4.04. The maximum absolute atomic E-state index is 6.35. The van der Waals surface area contributed by atoms with Gasteiger partial charge < -0.3 is 10.2 Å². The van der Waals surface area contributed by atoms with E-state index in [1.807, 2.05) is 19.2 Å². The zero-order valence-electron chi connectivity index (χ0n) is 11.5. The molecule has 0 amide bonds. The van der Waals surface area contributed by atoms with Crippen LogP contribution in [0.25, 0.3) is 0 Å². The third-order valence-electron chi connectivity index (χ3n) is 2.99. The van der Waals surface area contributed by atoms with Gasteiger partial charge in [-0.1, -0.05) is 30.7 Å². The Morgan fingerprint density at radius 1 is 1.50 bits per heavy atom. The van der Waals surface area contributed by atoms with Crippen LogP contribution in [0.3, 0.4) is 0 Å². The summed E-state index contributed by atoms with van der Waals surface area (Å²) in [5.41, 5.74) is 2.27. The number of nitrogens with zero attached hydrogens (tertiary/aromatic N) is 1. The monoisotopic (exact) mass is 266 g/mol. The van der Waals surface area contributed by atoms with Crippen molar-refractivity contribution >= 4 is 17.3 Å². The standard InChI is InChI=1S/C15H23ClN2/c1-5-9-17-12(3)14-8-7-13(11-15(14)16)18(4)10-6-2/h6-8,11-12,17H,2,5,9-10H2,1,3-4H3. The maximum atomic E-state index is 6.35. The fourth-order valence-corrected chi connectivity index (χ4v) is 2.21. The van der Waals surface area contributed by atoms with Gasteiger partial charge in [-0.05, 0) is 37.6 Å². The largest absolute Gasteiger partial charge is 0.371 e.